The van der Waals surface area contributed by atoms with Gasteiger partial charge in [-0.15, -0.1) is 0 Å². The average Bonchev–Trinajstić information content (AvgIpc) is 2.56. The van der Waals surface area contributed by atoms with Crippen LogP contribution in [0.5, 0.6) is 0 Å². The summed E-state index contributed by atoms with van der Waals surface area (Å²) < 4.78 is 9.69. The number of guanidine groups is 1. The largest absolute Gasteiger partial charge is 0.465 e. The van der Waals surface area contributed by atoms with E-state index in [4.69, 9.17) is 4.74 Å². The first-order valence-electron chi connectivity index (χ1n) is 7.39. The monoisotopic (exact) mass is 307 g/mol. The van der Waals surface area contributed by atoms with Crippen LogP contribution in [0.15, 0.2) is 29.3 Å². The topological polar surface area (TPSA) is 72.0 Å². The maximum atomic E-state index is 11.4. The lowest BCUT2D eigenvalue weighted by Crippen LogP contribution is -2.38. The molecule has 0 aliphatic heterocycles. The van der Waals surface area contributed by atoms with Crippen LogP contribution in [-0.4, -0.2) is 45.8 Å². The normalized spacial score (nSPS) is 11.1. The number of methoxy groups -OCH3 is 2. The standard InChI is InChI=1S/C16H25N3O3/c1-4-17-16(18-10-5-11-21-2)19-12-13-6-8-14(9-7-13)15(20)22-3/h6-9H,4-5,10-12H2,1-3H3,(H2,17,18,19). The molecule has 6 heteroatoms. The number of nitrogens with one attached hydrogen (secondary N) is 2. The van der Waals surface area contributed by atoms with Crippen molar-refractivity contribution in [2.45, 2.75) is 19.9 Å². The molecular weight excluding hydrogens is 282 g/mol. The van der Waals surface area contributed by atoms with E-state index < -0.39 is 0 Å². The summed E-state index contributed by atoms with van der Waals surface area (Å²) in [5.41, 5.74) is 1.57. The van der Waals surface area contributed by atoms with E-state index in [1.165, 1.54) is 7.11 Å². The van der Waals surface area contributed by atoms with E-state index in [1.807, 2.05) is 19.1 Å². The summed E-state index contributed by atoms with van der Waals surface area (Å²) in [6.07, 6.45) is 0.925. The average molecular weight is 307 g/mol. The smallest absolute Gasteiger partial charge is 0.337 e. The summed E-state index contributed by atoms with van der Waals surface area (Å²) in [6.45, 7) is 4.90. The van der Waals surface area contributed by atoms with Crippen molar-refractivity contribution < 1.29 is 14.3 Å². The third-order valence-corrected chi connectivity index (χ3v) is 2.96. The van der Waals surface area contributed by atoms with Gasteiger partial charge in [0.1, 0.15) is 0 Å². The van der Waals surface area contributed by atoms with Crippen molar-refractivity contribution in [2.24, 2.45) is 4.99 Å². The summed E-state index contributed by atoms with van der Waals surface area (Å²) in [5, 5.41) is 6.44. The summed E-state index contributed by atoms with van der Waals surface area (Å²) in [4.78, 5) is 15.9. The van der Waals surface area contributed by atoms with Crippen LogP contribution in [0.1, 0.15) is 29.3 Å². The van der Waals surface area contributed by atoms with Gasteiger partial charge < -0.3 is 20.1 Å². The lowest BCUT2D eigenvalue weighted by atomic mass is 10.1. The zero-order valence-electron chi connectivity index (χ0n) is 13.5. The number of rotatable bonds is 8. The molecule has 2 N–H and O–H groups in total. The molecular formula is C16H25N3O3. The second-order valence-corrected chi connectivity index (χ2v) is 4.66. The Kier molecular flexibility index (Phi) is 8.67. The molecule has 1 rings (SSSR count). The van der Waals surface area contributed by atoms with Crippen molar-refractivity contribution >= 4 is 11.9 Å². The van der Waals surface area contributed by atoms with Gasteiger partial charge >= 0.3 is 5.97 Å². The lowest BCUT2D eigenvalue weighted by molar-refractivity contribution is 0.0600. The predicted molar refractivity (Wildman–Crippen MR) is 87.1 cm³/mol. The first-order chi connectivity index (χ1) is 10.7. The molecule has 0 heterocycles. The Hall–Kier alpha value is -2.08. The molecule has 0 amide bonds. The van der Waals surface area contributed by atoms with E-state index in [0.717, 1.165) is 37.6 Å². The van der Waals surface area contributed by atoms with Gasteiger partial charge in [-0.2, -0.15) is 0 Å². The Labute approximate surface area is 131 Å². The zero-order valence-corrected chi connectivity index (χ0v) is 13.5. The maximum absolute atomic E-state index is 11.4. The fourth-order valence-electron chi connectivity index (χ4n) is 1.80. The minimum absolute atomic E-state index is 0.330. The summed E-state index contributed by atoms with van der Waals surface area (Å²) in [6, 6.07) is 7.25. The van der Waals surface area contributed by atoms with E-state index in [9.17, 15) is 4.79 Å². The number of carbonyl (C=O) groups is 1. The van der Waals surface area contributed by atoms with Crippen LogP contribution in [-0.2, 0) is 16.0 Å². The van der Waals surface area contributed by atoms with Gasteiger partial charge in [0.25, 0.3) is 0 Å². The van der Waals surface area contributed by atoms with Crippen molar-refractivity contribution in [1.82, 2.24) is 10.6 Å². The number of benzene rings is 1. The molecule has 0 saturated carbocycles. The van der Waals surface area contributed by atoms with Gasteiger partial charge in [-0.3, -0.25) is 0 Å². The molecule has 0 aliphatic carbocycles. The van der Waals surface area contributed by atoms with E-state index in [1.54, 1.807) is 19.2 Å². The third-order valence-electron chi connectivity index (χ3n) is 2.96. The number of aliphatic imine (C=N–C) groups is 1. The molecule has 22 heavy (non-hydrogen) atoms. The highest BCUT2D eigenvalue weighted by atomic mass is 16.5. The van der Waals surface area contributed by atoms with Crippen molar-refractivity contribution in [3.05, 3.63) is 35.4 Å². The Morgan fingerprint density at radius 3 is 2.50 bits per heavy atom. The van der Waals surface area contributed by atoms with Crippen molar-refractivity contribution in [2.75, 3.05) is 33.9 Å². The fraction of sp³-hybridized carbons (Fsp3) is 0.500. The molecule has 1 aromatic carbocycles. The fourth-order valence-corrected chi connectivity index (χ4v) is 1.80. The molecule has 0 saturated heterocycles. The molecule has 1 aromatic rings. The van der Waals surface area contributed by atoms with Crippen LogP contribution >= 0.6 is 0 Å². The molecule has 0 radical (unpaired) electrons. The van der Waals surface area contributed by atoms with E-state index in [0.29, 0.717) is 12.1 Å². The first kappa shape index (κ1) is 18.0. The second kappa shape index (κ2) is 10.6. The van der Waals surface area contributed by atoms with Crippen LogP contribution in [0.4, 0.5) is 0 Å². The quantitative estimate of drug-likeness (QED) is 0.330. The Bertz CT molecular complexity index is 472. The highest BCUT2D eigenvalue weighted by molar-refractivity contribution is 5.89. The highest BCUT2D eigenvalue weighted by Gasteiger charge is 2.04. The van der Waals surface area contributed by atoms with Crippen molar-refractivity contribution in [3.8, 4) is 0 Å². The summed E-state index contributed by atoms with van der Waals surface area (Å²) in [5.74, 6) is 0.443. The Morgan fingerprint density at radius 2 is 1.91 bits per heavy atom. The molecule has 0 aliphatic rings. The van der Waals surface area contributed by atoms with Gasteiger partial charge in [0.05, 0.1) is 19.2 Å². The van der Waals surface area contributed by atoms with Crippen LogP contribution in [0.25, 0.3) is 0 Å². The number of hydrogen-bond acceptors (Lipinski definition) is 4. The number of esters is 1. The number of ether oxygens (including phenoxy) is 2. The number of carbonyl (C=O) groups excluding carboxylic acids is 1. The zero-order chi connectivity index (χ0) is 16.2. The molecule has 6 nitrogen and oxygen atoms in total. The second-order valence-electron chi connectivity index (χ2n) is 4.66. The Balaban J connectivity index is 2.55. The molecule has 0 fully saturated rings. The van der Waals surface area contributed by atoms with Gasteiger partial charge in [-0.25, -0.2) is 9.79 Å². The van der Waals surface area contributed by atoms with Gasteiger partial charge in [-0.05, 0) is 31.0 Å². The van der Waals surface area contributed by atoms with Crippen molar-refractivity contribution in [3.63, 3.8) is 0 Å². The number of hydrogen-bond donors (Lipinski definition) is 2. The van der Waals surface area contributed by atoms with Gasteiger partial charge in [0.2, 0.25) is 0 Å². The highest BCUT2D eigenvalue weighted by Crippen LogP contribution is 2.06. The Morgan fingerprint density at radius 1 is 1.18 bits per heavy atom. The van der Waals surface area contributed by atoms with Gasteiger partial charge in [0, 0.05) is 26.8 Å². The molecule has 0 unspecified atom stereocenters. The van der Waals surface area contributed by atoms with Gasteiger partial charge in [0.15, 0.2) is 5.96 Å². The lowest BCUT2D eigenvalue weighted by Gasteiger charge is -2.11. The molecule has 0 bridgehead atoms. The summed E-state index contributed by atoms with van der Waals surface area (Å²) in [7, 11) is 3.07. The minimum atomic E-state index is -0.330. The van der Waals surface area contributed by atoms with Crippen LogP contribution < -0.4 is 10.6 Å². The molecule has 0 aromatic heterocycles. The van der Waals surface area contributed by atoms with Crippen LogP contribution in [0.3, 0.4) is 0 Å². The molecule has 0 atom stereocenters. The van der Waals surface area contributed by atoms with Crippen LogP contribution in [0.2, 0.25) is 0 Å². The third kappa shape index (κ3) is 6.58. The van der Waals surface area contributed by atoms with E-state index in [2.05, 4.69) is 20.4 Å². The maximum Gasteiger partial charge on any atom is 0.337 e. The minimum Gasteiger partial charge on any atom is -0.465 e. The van der Waals surface area contributed by atoms with Crippen molar-refractivity contribution in [1.29, 1.82) is 0 Å². The SMILES string of the molecule is CCNC(=NCc1ccc(C(=O)OC)cc1)NCCCOC. The van der Waals surface area contributed by atoms with E-state index in [-0.39, 0.29) is 5.97 Å². The summed E-state index contributed by atoms with van der Waals surface area (Å²) >= 11 is 0. The van der Waals surface area contributed by atoms with Gasteiger partial charge in [-0.1, -0.05) is 12.1 Å². The number of nitrogens with zero attached hydrogens (tertiary/aromatic N) is 1. The first-order valence-corrected chi connectivity index (χ1v) is 7.39. The predicted octanol–water partition coefficient (Wildman–Crippen LogP) is 1.56. The van der Waals surface area contributed by atoms with Crippen LogP contribution in [0, 0.1) is 0 Å². The molecule has 122 valence electrons. The molecule has 0 spiro atoms. The van der Waals surface area contributed by atoms with E-state index >= 15 is 0 Å².